The zero-order chi connectivity index (χ0) is 21.1. The molecule has 0 aliphatic carbocycles. The highest BCUT2D eigenvalue weighted by Gasteiger charge is 2.26. The first-order valence-electron chi connectivity index (χ1n) is 9.67. The molecule has 0 bridgehead atoms. The molecular weight excluding hydrogens is 407 g/mol. The minimum Gasteiger partial charge on any atom is -0.337 e. The largest absolute Gasteiger partial charge is 0.337 e. The minimum absolute atomic E-state index is 0.0529. The highest BCUT2D eigenvalue weighted by molar-refractivity contribution is 6.30. The summed E-state index contributed by atoms with van der Waals surface area (Å²) in [7, 11) is 0. The number of aromatic amines is 1. The third-order valence-electron chi connectivity index (χ3n) is 5.18. The van der Waals surface area contributed by atoms with Crippen molar-refractivity contribution in [3.8, 4) is 11.3 Å². The fourth-order valence-electron chi connectivity index (χ4n) is 3.58. The zero-order valence-corrected chi connectivity index (χ0v) is 16.9. The molecule has 1 fully saturated rings. The van der Waals surface area contributed by atoms with E-state index in [1.54, 1.807) is 34.1 Å². The van der Waals surface area contributed by atoms with E-state index in [2.05, 4.69) is 10.2 Å². The van der Waals surface area contributed by atoms with Gasteiger partial charge >= 0.3 is 0 Å². The van der Waals surface area contributed by atoms with Crippen molar-refractivity contribution in [2.24, 2.45) is 0 Å². The second kappa shape index (κ2) is 8.67. The molecule has 2 amide bonds. The lowest BCUT2D eigenvalue weighted by molar-refractivity contribution is 0.0716. The summed E-state index contributed by atoms with van der Waals surface area (Å²) in [5, 5.41) is 7.54. The lowest BCUT2D eigenvalue weighted by atomic mass is 10.1. The van der Waals surface area contributed by atoms with Crippen molar-refractivity contribution >= 4 is 23.4 Å². The summed E-state index contributed by atoms with van der Waals surface area (Å²) in [4.78, 5) is 29.2. The van der Waals surface area contributed by atoms with E-state index in [4.69, 9.17) is 11.6 Å². The summed E-state index contributed by atoms with van der Waals surface area (Å²) < 4.78 is 14.0. The summed E-state index contributed by atoms with van der Waals surface area (Å²) in [6, 6.07) is 13.1. The van der Waals surface area contributed by atoms with Gasteiger partial charge in [0, 0.05) is 36.8 Å². The highest BCUT2D eigenvalue weighted by Crippen LogP contribution is 2.24. The van der Waals surface area contributed by atoms with Crippen molar-refractivity contribution in [3.63, 3.8) is 0 Å². The zero-order valence-electron chi connectivity index (χ0n) is 16.1. The van der Waals surface area contributed by atoms with Crippen LogP contribution in [0.3, 0.4) is 0 Å². The van der Waals surface area contributed by atoms with Crippen LogP contribution in [0.5, 0.6) is 0 Å². The molecule has 8 heteroatoms. The quantitative estimate of drug-likeness (QED) is 0.691. The number of hydrogen-bond acceptors (Lipinski definition) is 3. The number of nitrogens with zero attached hydrogens (tertiary/aromatic N) is 3. The maximum absolute atomic E-state index is 14.0. The van der Waals surface area contributed by atoms with Gasteiger partial charge in [-0.15, -0.1) is 0 Å². The maximum atomic E-state index is 14.0. The van der Waals surface area contributed by atoms with Gasteiger partial charge < -0.3 is 9.80 Å². The van der Waals surface area contributed by atoms with Gasteiger partial charge in [0.05, 0.1) is 23.0 Å². The number of aromatic nitrogens is 2. The number of halogens is 2. The lowest BCUT2D eigenvalue weighted by Crippen LogP contribution is -2.37. The molecule has 1 aromatic heterocycles. The van der Waals surface area contributed by atoms with Crippen LogP contribution in [0.1, 0.15) is 27.1 Å². The van der Waals surface area contributed by atoms with Crippen LogP contribution in [0.4, 0.5) is 4.39 Å². The smallest absolute Gasteiger partial charge is 0.257 e. The number of benzene rings is 2. The first kappa shape index (κ1) is 20.1. The van der Waals surface area contributed by atoms with Gasteiger partial charge in [-0.05, 0) is 30.7 Å². The fraction of sp³-hybridized carbons (Fsp3) is 0.227. The van der Waals surface area contributed by atoms with Gasteiger partial charge in [-0.2, -0.15) is 5.10 Å². The van der Waals surface area contributed by atoms with E-state index < -0.39 is 5.82 Å². The molecule has 30 heavy (non-hydrogen) atoms. The van der Waals surface area contributed by atoms with Crippen LogP contribution in [0, 0.1) is 5.82 Å². The SMILES string of the molecule is O=C(c1ccccc1F)N1CCCN(C(=O)c2cn[nH]c2-c2ccc(Cl)cc2)CC1. The molecule has 0 atom stereocenters. The van der Waals surface area contributed by atoms with E-state index in [-0.39, 0.29) is 17.4 Å². The molecule has 0 unspecified atom stereocenters. The van der Waals surface area contributed by atoms with Crippen LogP contribution in [0.15, 0.2) is 54.7 Å². The summed E-state index contributed by atoms with van der Waals surface area (Å²) >= 11 is 5.95. The van der Waals surface area contributed by atoms with Gasteiger partial charge in [0.2, 0.25) is 0 Å². The van der Waals surface area contributed by atoms with E-state index in [9.17, 15) is 14.0 Å². The summed E-state index contributed by atoms with van der Waals surface area (Å²) in [6.45, 7) is 1.68. The Balaban J connectivity index is 1.48. The molecule has 4 rings (SSSR count). The Kier molecular flexibility index (Phi) is 5.81. The van der Waals surface area contributed by atoms with E-state index in [0.29, 0.717) is 48.9 Å². The number of carbonyl (C=O) groups is 2. The third-order valence-corrected chi connectivity index (χ3v) is 5.43. The predicted octanol–water partition coefficient (Wildman–Crippen LogP) is 3.86. The Morgan fingerprint density at radius 3 is 2.20 bits per heavy atom. The molecule has 1 N–H and O–H groups in total. The number of hydrogen-bond donors (Lipinski definition) is 1. The molecule has 1 saturated heterocycles. The molecule has 2 heterocycles. The van der Waals surface area contributed by atoms with Crippen LogP contribution in [-0.2, 0) is 0 Å². The van der Waals surface area contributed by atoms with Crippen LogP contribution >= 0.6 is 11.6 Å². The van der Waals surface area contributed by atoms with Gasteiger partial charge in [-0.1, -0.05) is 35.9 Å². The molecule has 1 aliphatic heterocycles. The Bertz CT molecular complexity index is 1070. The Morgan fingerprint density at radius 2 is 1.53 bits per heavy atom. The fourth-order valence-corrected chi connectivity index (χ4v) is 3.71. The van der Waals surface area contributed by atoms with Crippen molar-refractivity contribution < 1.29 is 14.0 Å². The average molecular weight is 427 g/mol. The second-order valence-electron chi connectivity index (χ2n) is 7.08. The monoisotopic (exact) mass is 426 g/mol. The Labute approximate surface area is 178 Å². The third kappa shape index (κ3) is 4.07. The molecule has 154 valence electrons. The summed E-state index contributed by atoms with van der Waals surface area (Å²) in [5.41, 5.74) is 1.95. The highest BCUT2D eigenvalue weighted by atomic mass is 35.5. The standard InChI is InChI=1S/C22H20ClFN4O2/c23-16-8-6-15(7-9-16)20-18(14-25-26-20)22(30)28-11-3-10-27(12-13-28)21(29)17-4-1-2-5-19(17)24/h1-2,4-9,14H,3,10-13H2,(H,25,26). The van der Waals surface area contributed by atoms with Gasteiger partial charge in [-0.25, -0.2) is 4.39 Å². The first-order chi connectivity index (χ1) is 14.5. The van der Waals surface area contributed by atoms with Crippen molar-refractivity contribution in [1.29, 1.82) is 0 Å². The van der Waals surface area contributed by atoms with Gasteiger partial charge in [0.15, 0.2) is 0 Å². The van der Waals surface area contributed by atoms with Crippen LogP contribution in [-0.4, -0.2) is 58.0 Å². The molecular formula is C22H20ClFN4O2. The van der Waals surface area contributed by atoms with Crippen molar-refractivity contribution in [1.82, 2.24) is 20.0 Å². The van der Waals surface area contributed by atoms with Crippen molar-refractivity contribution in [2.75, 3.05) is 26.2 Å². The molecule has 1 aliphatic rings. The molecule has 2 aromatic carbocycles. The van der Waals surface area contributed by atoms with E-state index >= 15 is 0 Å². The minimum atomic E-state index is -0.536. The number of H-pyrrole nitrogens is 1. The number of amides is 2. The van der Waals surface area contributed by atoms with E-state index in [1.807, 2.05) is 12.1 Å². The molecule has 0 radical (unpaired) electrons. The first-order valence-corrected chi connectivity index (χ1v) is 10.0. The van der Waals surface area contributed by atoms with Gasteiger partial charge in [0.1, 0.15) is 5.82 Å². The van der Waals surface area contributed by atoms with Crippen LogP contribution in [0.25, 0.3) is 11.3 Å². The van der Waals surface area contributed by atoms with Crippen molar-refractivity contribution in [3.05, 3.63) is 76.7 Å². The summed E-state index contributed by atoms with van der Waals surface area (Å²) in [5.74, 6) is -1.05. The van der Waals surface area contributed by atoms with Gasteiger partial charge in [-0.3, -0.25) is 14.7 Å². The van der Waals surface area contributed by atoms with Crippen LogP contribution < -0.4 is 0 Å². The molecule has 0 saturated carbocycles. The number of carbonyl (C=O) groups excluding carboxylic acids is 2. The van der Waals surface area contributed by atoms with E-state index in [0.717, 1.165) is 5.56 Å². The second-order valence-corrected chi connectivity index (χ2v) is 7.52. The molecule has 3 aromatic rings. The average Bonchev–Trinajstić information content (AvgIpc) is 3.11. The van der Waals surface area contributed by atoms with Gasteiger partial charge in [0.25, 0.3) is 11.8 Å². The molecule has 6 nitrogen and oxygen atoms in total. The summed E-state index contributed by atoms with van der Waals surface area (Å²) in [6.07, 6.45) is 2.12. The predicted molar refractivity (Wildman–Crippen MR) is 112 cm³/mol. The Hall–Kier alpha value is -3.19. The van der Waals surface area contributed by atoms with Crippen molar-refractivity contribution in [2.45, 2.75) is 6.42 Å². The van der Waals surface area contributed by atoms with Crippen LogP contribution in [0.2, 0.25) is 5.02 Å². The normalized spacial score (nSPS) is 14.5. The number of nitrogens with one attached hydrogen (secondary N) is 1. The Morgan fingerprint density at radius 1 is 0.900 bits per heavy atom. The lowest BCUT2D eigenvalue weighted by Gasteiger charge is -2.22. The molecule has 0 spiro atoms. The number of rotatable bonds is 3. The topological polar surface area (TPSA) is 69.3 Å². The maximum Gasteiger partial charge on any atom is 0.257 e. The van der Waals surface area contributed by atoms with E-state index in [1.165, 1.54) is 18.3 Å².